The Balaban J connectivity index is 2.92. The molecule has 1 aromatic carbocycles. The fourth-order valence-electron chi connectivity index (χ4n) is 2.00. The van der Waals surface area contributed by atoms with Gasteiger partial charge in [-0.25, -0.2) is 14.0 Å². The van der Waals surface area contributed by atoms with E-state index in [2.05, 4.69) is 14.5 Å². The van der Waals surface area contributed by atoms with Gasteiger partial charge < -0.3 is 19.2 Å². The fraction of sp³-hybridized carbons (Fsp3) is 0.214. The fourth-order valence-corrected chi connectivity index (χ4v) is 2.00. The van der Waals surface area contributed by atoms with Gasteiger partial charge in [-0.15, -0.1) is 0 Å². The molecule has 0 spiro atoms. The van der Waals surface area contributed by atoms with Crippen LogP contribution in [-0.4, -0.2) is 38.3 Å². The van der Waals surface area contributed by atoms with Crippen molar-refractivity contribution in [3.8, 4) is 5.75 Å². The minimum Gasteiger partial charge on any atom is -0.494 e. The number of halogens is 1. The second kappa shape index (κ2) is 5.84. The number of aromatic amines is 1. The molecule has 0 unspecified atom stereocenters. The van der Waals surface area contributed by atoms with E-state index in [9.17, 15) is 18.8 Å². The number of ether oxygens (including phenoxy) is 3. The molecule has 1 aromatic heterocycles. The molecule has 0 amide bonds. The van der Waals surface area contributed by atoms with Crippen LogP contribution < -0.4 is 10.2 Å². The van der Waals surface area contributed by atoms with Crippen molar-refractivity contribution in [3.05, 3.63) is 39.4 Å². The van der Waals surface area contributed by atoms with E-state index in [1.807, 2.05) is 0 Å². The summed E-state index contributed by atoms with van der Waals surface area (Å²) in [5, 5.41) is -0.119. The van der Waals surface area contributed by atoms with E-state index in [1.165, 1.54) is 13.2 Å². The first kappa shape index (κ1) is 15.5. The van der Waals surface area contributed by atoms with Gasteiger partial charge in [0.05, 0.1) is 26.8 Å². The zero-order chi connectivity index (χ0) is 16.4. The van der Waals surface area contributed by atoms with Crippen LogP contribution in [0.15, 0.2) is 16.9 Å². The third kappa shape index (κ3) is 2.39. The lowest BCUT2D eigenvalue weighted by Gasteiger charge is -2.10. The van der Waals surface area contributed by atoms with Crippen LogP contribution in [0.25, 0.3) is 10.9 Å². The summed E-state index contributed by atoms with van der Waals surface area (Å²) >= 11 is 0. The number of hydrogen-bond donors (Lipinski definition) is 1. The Hall–Kier alpha value is -2.90. The summed E-state index contributed by atoms with van der Waals surface area (Å²) < 4.78 is 27.6. The second-order valence-electron chi connectivity index (χ2n) is 4.22. The number of pyridine rings is 1. The van der Waals surface area contributed by atoms with Gasteiger partial charge in [-0.2, -0.15) is 0 Å². The molecule has 0 fully saturated rings. The van der Waals surface area contributed by atoms with Gasteiger partial charge in [0, 0.05) is 11.5 Å². The standard InChI is InChI=1S/C14H12FNO6/c1-20-9-5-8-6(4-7(9)15)12(17)10(13(18)21-2)11(16-8)14(19)22-3/h4-5H,1-3H3,(H,16,17). The van der Waals surface area contributed by atoms with Gasteiger partial charge in [0.25, 0.3) is 0 Å². The van der Waals surface area contributed by atoms with Gasteiger partial charge in [0.2, 0.25) is 5.43 Å². The number of nitrogens with one attached hydrogen (secondary N) is 1. The molecule has 0 aliphatic rings. The third-order valence-electron chi connectivity index (χ3n) is 3.05. The van der Waals surface area contributed by atoms with Gasteiger partial charge in [0.15, 0.2) is 11.6 Å². The van der Waals surface area contributed by atoms with Crippen LogP contribution in [0.1, 0.15) is 20.8 Å². The summed E-state index contributed by atoms with van der Waals surface area (Å²) in [5.41, 5.74) is -1.65. The minimum atomic E-state index is -1.03. The first-order chi connectivity index (χ1) is 10.4. The predicted molar refractivity (Wildman–Crippen MR) is 73.8 cm³/mol. The quantitative estimate of drug-likeness (QED) is 0.857. The maximum atomic E-state index is 13.8. The first-order valence-corrected chi connectivity index (χ1v) is 6.04. The average molecular weight is 309 g/mol. The number of carbonyl (C=O) groups excluding carboxylic acids is 2. The molecular formula is C14H12FNO6. The zero-order valence-electron chi connectivity index (χ0n) is 12.0. The van der Waals surface area contributed by atoms with Gasteiger partial charge >= 0.3 is 11.9 Å². The van der Waals surface area contributed by atoms with Gasteiger partial charge in [-0.05, 0) is 6.07 Å². The highest BCUT2D eigenvalue weighted by molar-refractivity contribution is 6.04. The molecule has 22 heavy (non-hydrogen) atoms. The number of esters is 2. The highest BCUT2D eigenvalue weighted by atomic mass is 19.1. The lowest BCUT2D eigenvalue weighted by molar-refractivity contribution is 0.0549. The third-order valence-corrected chi connectivity index (χ3v) is 3.05. The van der Waals surface area contributed by atoms with Crippen molar-refractivity contribution in [1.29, 1.82) is 0 Å². The van der Waals surface area contributed by atoms with Gasteiger partial charge in [0.1, 0.15) is 11.3 Å². The highest BCUT2D eigenvalue weighted by Crippen LogP contribution is 2.23. The number of methoxy groups -OCH3 is 3. The molecule has 0 atom stereocenters. The van der Waals surface area contributed by atoms with Crippen LogP contribution in [0, 0.1) is 5.82 Å². The topological polar surface area (TPSA) is 94.7 Å². The molecule has 2 aromatic rings. The van der Waals surface area contributed by atoms with Crippen molar-refractivity contribution in [3.63, 3.8) is 0 Å². The smallest absolute Gasteiger partial charge is 0.355 e. The van der Waals surface area contributed by atoms with Crippen LogP contribution in [-0.2, 0) is 9.47 Å². The monoisotopic (exact) mass is 309 g/mol. The molecule has 0 bridgehead atoms. The Morgan fingerprint density at radius 1 is 1.09 bits per heavy atom. The van der Waals surface area contributed by atoms with Gasteiger partial charge in [-0.3, -0.25) is 4.79 Å². The summed E-state index contributed by atoms with van der Waals surface area (Å²) in [4.78, 5) is 38.5. The molecule has 1 heterocycles. The van der Waals surface area contributed by atoms with E-state index < -0.39 is 28.7 Å². The second-order valence-corrected chi connectivity index (χ2v) is 4.22. The minimum absolute atomic E-state index is 0.119. The Morgan fingerprint density at radius 3 is 2.27 bits per heavy atom. The number of aromatic nitrogens is 1. The van der Waals surface area contributed by atoms with Crippen molar-refractivity contribution in [2.24, 2.45) is 0 Å². The molecule has 1 N–H and O–H groups in total. The van der Waals surface area contributed by atoms with Crippen molar-refractivity contribution in [2.75, 3.05) is 21.3 Å². The molecular weight excluding hydrogens is 297 g/mol. The Bertz CT molecular complexity index is 826. The first-order valence-electron chi connectivity index (χ1n) is 6.04. The molecule has 7 nitrogen and oxygen atoms in total. The lowest BCUT2D eigenvalue weighted by Crippen LogP contribution is -2.24. The van der Waals surface area contributed by atoms with Crippen LogP contribution in [0.5, 0.6) is 5.75 Å². The van der Waals surface area contributed by atoms with Crippen molar-refractivity contribution in [2.45, 2.75) is 0 Å². The lowest BCUT2D eigenvalue weighted by atomic mass is 10.1. The highest BCUT2D eigenvalue weighted by Gasteiger charge is 2.25. The van der Waals surface area contributed by atoms with E-state index in [1.54, 1.807) is 0 Å². The Labute approximate surface area is 123 Å². The van der Waals surface area contributed by atoms with Gasteiger partial charge in [-0.1, -0.05) is 0 Å². The number of benzene rings is 1. The molecule has 0 aliphatic heterocycles. The van der Waals surface area contributed by atoms with E-state index >= 15 is 0 Å². The van der Waals surface area contributed by atoms with E-state index in [0.29, 0.717) is 0 Å². The summed E-state index contributed by atoms with van der Waals surface area (Å²) in [6.45, 7) is 0. The van der Waals surface area contributed by atoms with E-state index in [4.69, 9.17) is 4.74 Å². The maximum Gasteiger partial charge on any atom is 0.355 e. The van der Waals surface area contributed by atoms with Crippen molar-refractivity contribution < 1.29 is 28.2 Å². The van der Waals surface area contributed by atoms with E-state index in [0.717, 1.165) is 20.3 Å². The van der Waals surface area contributed by atoms with Crippen LogP contribution in [0.2, 0.25) is 0 Å². The summed E-state index contributed by atoms with van der Waals surface area (Å²) in [5.74, 6) is -2.85. The normalized spacial score (nSPS) is 10.4. The number of rotatable bonds is 3. The largest absolute Gasteiger partial charge is 0.494 e. The molecule has 116 valence electrons. The molecule has 0 saturated carbocycles. The Morgan fingerprint density at radius 2 is 1.73 bits per heavy atom. The molecule has 0 aliphatic carbocycles. The number of carbonyl (C=O) groups is 2. The molecule has 0 radical (unpaired) electrons. The van der Waals surface area contributed by atoms with Crippen molar-refractivity contribution >= 4 is 22.8 Å². The average Bonchev–Trinajstić information content (AvgIpc) is 2.53. The van der Waals surface area contributed by atoms with Crippen molar-refractivity contribution in [1.82, 2.24) is 4.98 Å². The van der Waals surface area contributed by atoms with E-state index in [-0.39, 0.29) is 22.3 Å². The molecule has 2 rings (SSSR count). The molecule has 8 heteroatoms. The molecule has 0 saturated heterocycles. The maximum absolute atomic E-state index is 13.8. The van der Waals surface area contributed by atoms with Crippen LogP contribution in [0.4, 0.5) is 4.39 Å². The number of H-pyrrole nitrogens is 1. The SMILES string of the molecule is COC(=O)c1[nH]c2cc(OC)c(F)cc2c(=O)c1C(=O)OC. The Kier molecular flexibility index (Phi) is 4.11. The zero-order valence-corrected chi connectivity index (χ0v) is 12.0. The summed E-state index contributed by atoms with van der Waals surface area (Å²) in [6, 6.07) is 2.13. The summed E-state index contributed by atoms with van der Waals surface area (Å²) in [6.07, 6.45) is 0. The number of hydrogen-bond acceptors (Lipinski definition) is 6. The van der Waals surface area contributed by atoms with Crippen LogP contribution >= 0.6 is 0 Å². The van der Waals surface area contributed by atoms with Crippen LogP contribution in [0.3, 0.4) is 0 Å². The summed E-state index contributed by atoms with van der Waals surface area (Å²) in [7, 11) is 3.41. The number of fused-ring (bicyclic) bond motifs is 1. The predicted octanol–water partition coefficient (Wildman–Crippen LogP) is 1.25.